The van der Waals surface area contributed by atoms with Crippen molar-refractivity contribution in [3.05, 3.63) is 63.9 Å². The Bertz CT molecular complexity index is 812. The molecule has 2 aromatic carbocycles. The average Bonchev–Trinajstić information content (AvgIpc) is 2.51. The van der Waals surface area contributed by atoms with Gasteiger partial charge < -0.3 is 9.84 Å². The van der Waals surface area contributed by atoms with Crippen LogP contribution in [0.15, 0.2) is 46.9 Å². The van der Waals surface area contributed by atoms with Crippen molar-refractivity contribution < 1.29 is 19.0 Å². The second-order valence-electron chi connectivity index (χ2n) is 4.54. The second kappa shape index (κ2) is 7.56. The molecule has 116 valence electrons. The largest absolute Gasteiger partial charge is 0.481 e. The minimum absolute atomic E-state index is 0.239. The van der Waals surface area contributed by atoms with Crippen LogP contribution in [0.2, 0.25) is 0 Å². The summed E-state index contributed by atoms with van der Waals surface area (Å²) in [6.45, 7) is -0.496. The molecule has 2 rings (SSSR count). The van der Waals surface area contributed by atoms with Crippen LogP contribution in [0.3, 0.4) is 0 Å². The van der Waals surface area contributed by atoms with Gasteiger partial charge in [-0.05, 0) is 42.0 Å². The van der Waals surface area contributed by atoms with E-state index in [-0.39, 0.29) is 5.57 Å². The lowest BCUT2D eigenvalue weighted by Gasteiger charge is -2.08. The lowest BCUT2D eigenvalue weighted by Crippen LogP contribution is -2.10. The molecule has 0 heterocycles. The molecule has 0 aliphatic rings. The maximum Gasteiger partial charge on any atom is 0.341 e. The molecule has 0 amide bonds. The Morgan fingerprint density at radius 3 is 2.78 bits per heavy atom. The zero-order valence-corrected chi connectivity index (χ0v) is 13.4. The fraction of sp³-hybridized carbons (Fsp3) is 0.0588. The molecule has 0 atom stereocenters. The fourth-order valence-corrected chi connectivity index (χ4v) is 2.27. The summed E-state index contributed by atoms with van der Waals surface area (Å²) in [6.07, 6.45) is 1.52. The van der Waals surface area contributed by atoms with Crippen LogP contribution in [0.1, 0.15) is 11.1 Å². The zero-order valence-electron chi connectivity index (χ0n) is 11.8. The fourth-order valence-electron chi connectivity index (χ4n) is 1.89. The van der Waals surface area contributed by atoms with Gasteiger partial charge in [0.2, 0.25) is 0 Å². The molecule has 0 aliphatic carbocycles. The maximum atomic E-state index is 13.3. The Morgan fingerprint density at radius 1 is 1.35 bits per heavy atom. The minimum atomic E-state index is -1.10. The van der Waals surface area contributed by atoms with Crippen molar-refractivity contribution >= 4 is 33.5 Å². The van der Waals surface area contributed by atoms with Crippen molar-refractivity contribution in [3.63, 3.8) is 0 Å². The first kappa shape index (κ1) is 16.7. The molecule has 0 bridgehead atoms. The number of nitriles is 1. The Hall–Kier alpha value is -2.65. The number of aliphatic carboxylic acids is 1. The molecular weight excluding hydrogens is 365 g/mol. The highest BCUT2D eigenvalue weighted by Gasteiger charge is 2.08. The van der Waals surface area contributed by atoms with Crippen molar-refractivity contribution in [2.24, 2.45) is 0 Å². The third kappa shape index (κ3) is 4.66. The van der Waals surface area contributed by atoms with Crippen LogP contribution in [0, 0.1) is 17.1 Å². The summed E-state index contributed by atoms with van der Waals surface area (Å²) in [6, 6.07) is 12.7. The molecule has 0 fully saturated rings. The number of rotatable bonds is 5. The van der Waals surface area contributed by atoms with E-state index in [1.165, 1.54) is 24.3 Å². The number of hydrogen-bond donors (Lipinski definition) is 1. The normalized spacial score (nSPS) is 10.9. The second-order valence-corrected chi connectivity index (χ2v) is 5.46. The topological polar surface area (TPSA) is 70.3 Å². The number of allylic oxidation sites excluding steroid dienone is 1. The average molecular weight is 376 g/mol. The lowest BCUT2D eigenvalue weighted by molar-refractivity contribution is -0.139. The van der Waals surface area contributed by atoms with Crippen LogP contribution in [-0.2, 0) is 4.79 Å². The van der Waals surface area contributed by atoms with Crippen LogP contribution in [-0.4, -0.2) is 17.7 Å². The Kier molecular flexibility index (Phi) is 5.50. The molecule has 2 aromatic rings. The van der Waals surface area contributed by atoms with Gasteiger partial charge in [-0.15, -0.1) is 0 Å². The summed E-state index contributed by atoms with van der Waals surface area (Å²) in [5, 5.41) is 18.0. The summed E-state index contributed by atoms with van der Waals surface area (Å²) in [5.74, 6) is -1.23. The first-order chi connectivity index (χ1) is 11.0. The number of carbonyl (C=O) groups is 1. The lowest BCUT2D eigenvalue weighted by atomic mass is 10.0. The van der Waals surface area contributed by atoms with Gasteiger partial charge in [-0.25, -0.2) is 9.18 Å². The summed E-state index contributed by atoms with van der Waals surface area (Å²) in [7, 11) is 0. The van der Waals surface area contributed by atoms with E-state index in [1.54, 1.807) is 24.3 Å². The van der Waals surface area contributed by atoms with Crippen LogP contribution in [0.5, 0.6) is 5.75 Å². The number of hydrogen-bond acceptors (Lipinski definition) is 3. The molecular formula is C17H11BrFNO3. The number of carboxylic acids is 1. The molecule has 0 unspecified atom stereocenters. The molecule has 6 heteroatoms. The predicted molar refractivity (Wildman–Crippen MR) is 87.2 cm³/mol. The molecule has 0 spiro atoms. The van der Waals surface area contributed by atoms with Crippen molar-refractivity contribution in [1.82, 2.24) is 0 Å². The molecule has 0 saturated heterocycles. The Morgan fingerprint density at radius 2 is 2.13 bits per heavy atom. The van der Waals surface area contributed by atoms with Crippen molar-refractivity contribution in [3.8, 4) is 11.8 Å². The number of carboxylic acid groups (broad SMARTS) is 1. The highest BCUT2D eigenvalue weighted by atomic mass is 79.9. The molecule has 4 nitrogen and oxygen atoms in total. The first-order valence-electron chi connectivity index (χ1n) is 6.51. The van der Waals surface area contributed by atoms with Crippen LogP contribution in [0.4, 0.5) is 4.39 Å². The summed E-state index contributed by atoms with van der Waals surface area (Å²) in [5.41, 5.74) is 1.18. The van der Waals surface area contributed by atoms with Gasteiger partial charge in [-0.3, -0.25) is 0 Å². The third-order valence-corrected chi connectivity index (χ3v) is 3.37. The molecule has 0 aromatic heterocycles. The maximum absolute atomic E-state index is 13.3. The smallest absolute Gasteiger partial charge is 0.341 e. The van der Waals surface area contributed by atoms with E-state index in [9.17, 15) is 14.4 Å². The standard InChI is InChI=1S/C17H11BrFNO3/c18-14-4-5-16(23-10-17(21)22)12(7-14)6-13(9-20)11-2-1-3-15(19)8-11/h1-8H,10H2,(H,21,22)/b13-6+. The van der Waals surface area contributed by atoms with Gasteiger partial charge in [0.25, 0.3) is 0 Å². The van der Waals surface area contributed by atoms with E-state index < -0.39 is 18.4 Å². The van der Waals surface area contributed by atoms with Gasteiger partial charge in [0.15, 0.2) is 6.61 Å². The molecule has 1 N–H and O–H groups in total. The number of halogens is 2. The molecule has 0 saturated carbocycles. The third-order valence-electron chi connectivity index (χ3n) is 2.88. The molecule has 23 heavy (non-hydrogen) atoms. The van der Waals surface area contributed by atoms with Gasteiger partial charge in [-0.2, -0.15) is 5.26 Å². The van der Waals surface area contributed by atoms with Gasteiger partial charge in [-0.1, -0.05) is 28.1 Å². The van der Waals surface area contributed by atoms with E-state index in [0.29, 0.717) is 16.9 Å². The SMILES string of the molecule is N#C/C(=C\c1cc(Br)ccc1OCC(=O)O)c1cccc(F)c1. The van der Waals surface area contributed by atoms with E-state index >= 15 is 0 Å². The van der Waals surface area contributed by atoms with Crippen LogP contribution < -0.4 is 4.74 Å². The van der Waals surface area contributed by atoms with E-state index in [1.807, 2.05) is 6.07 Å². The van der Waals surface area contributed by atoms with Gasteiger partial charge in [0.1, 0.15) is 11.6 Å². The number of benzene rings is 2. The minimum Gasteiger partial charge on any atom is -0.481 e. The number of nitrogens with zero attached hydrogens (tertiary/aromatic N) is 1. The van der Waals surface area contributed by atoms with Crippen LogP contribution in [0.25, 0.3) is 11.6 Å². The van der Waals surface area contributed by atoms with Crippen molar-refractivity contribution in [2.45, 2.75) is 0 Å². The van der Waals surface area contributed by atoms with E-state index in [4.69, 9.17) is 9.84 Å². The van der Waals surface area contributed by atoms with E-state index in [2.05, 4.69) is 15.9 Å². The number of ether oxygens (including phenoxy) is 1. The summed E-state index contributed by atoms with van der Waals surface area (Å²) in [4.78, 5) is 10.6. The highest BCUT2D eigenvalue weighted by molar-refractivity contribution is 9.10. The summed E-state index contributed by atoms with van der Waals surface area (Å²) >= 11 is 3.31. The quantitative estimate of drug-likeness (QED) is 0.630. The van der Waals surface area contributed by atoms with Crippen LogP contribution >= 0.6 is 15.9 Å². The first-order valence-corrected chi connectivity index (χ1v) is 7.31. The van der Waals surface area contributed by atoms with E-state index in [0.717, 1.165) is 4.47 Å². The van der Waals surface area contributed by atoms with Crippen molar-refractivity contribution in [2.75, 3.05) is 6.61 Å². The molecule has 0 aliphatic heterocycles. The Balaban J connectivity index is 2.44. The van der Waals surface area contributed by atoms with Gasteiger partial charge in [0, 0.05) is 10.0 Å². The van der Waals surface area contributed by atoms with Crippen molar-refractivity contribution in [1.29, 1.82) is 5.26 Å². The van der Waals surface area contributed by atoms with Gasteiger partial charge >= 0.3 is 5.97 Å². The Labute approximate surface area is 140 Å². The zero-order chi connectivity index (χ0) is 16.8. The monoisotopic (exact) mass is 375 g/mol. The summed E-state index contributed by atoms with van der Waals surface area (Å²) < 4.78 is 19.3. The molecule has 0 radical (unpaired) electrons. The predicted octanol–water partition coefficient (Wildman–Crippen LogP) is 4.12. The highest BCUT2D eigenvalue weighted by Crippen LogP contribution is 2.28. The van der Waals surface area contributed by atoms with Gasteiger partial charge in [0.05, 0.1) is 11.6 Å².